The number of carboxylic acids is 2. The number of halogens is 11. The van der Waals surface area contributed by atoms with Crippen LogP contribution in [0.5, 0.6) is 0 Å². The molecule has 15 aliphatic carbocycles. The van der Waals surface area contributed by atoms with E-state index in [9.17, 15) is 68.5 Å². The first-order chi connectivity index (χ1) is 71.1. The minimum atomic E-state index is -0.823. The number of carbonyl (C=O) groups excluding carboxylic acids is 1. The zero-order valence-electron chi connectivity index (χ0n) is 80.3. The van der Waals surface area contributed by atoms with Crippen LogP contribution in [0.15, 0.2) is 123 Å². The van der Waals surface area contributed by atoms with Crippen molar-refractivity contribution < 1.29 is 73.2 Å². The highest BCUT2D eigenvalue weighted by molar-refractivity contribution is 6.31. The molecule has 15 heterocycles. The van der Waals surface area contributed by atoms with Gasteiger partial charge in [-0.2, -0.15) is 0 Å². The van der Waals surface area contributed by atoms with Gasteiger partial charge in [-0.05, 0) is 279 Å². The molecule has 9 N–H and O–H groups in total. The standard InChI is InChI=1S/C23H22ClF2N3O2.2C23H20F2N4O2.2C20H21F2N5/c1-31-23(30)20-12-4-2-11(3-5-12)14(20)7-19-17(25)8-18(26)21(29-19)16-10-28-22-15(16)6-13(24)9-27-22;2*1-26-19-8-17(25)18(7-14-11-2-4-12(5-3-11)20(14)23(30)31)29-21(19)16-10-28-22-15(16)6-13(24)9-27-22;2*1-10-11-2-4-12(5-3-11)17(10)26-20-25-9-16(22)18(27-20)15-8-24-19-14(15)6-13(21)7-23-19/h6,8-12,14,20H,2-5,7H2,1H3,(H,27,28);2*6,8-12,14,20H,2-5,7H2,(H,27,28)(H,30,31);2*6-12,17H,2-5H2,1H3,(H,23,24)(H,25,26,27)/t3*11?,12?,14-,20-;10-,11?,12?,17?;10-,11?,12?,17+/m11001/s1. The van der Waals surface area contributed by atoms with E-state index in [-0.39, 0.29) is 135 Å². The topological polar surface area (TPSA) is 367 Å². The maximum atomic E-state index is 14.9. The van der Waals surface area contributed by atoms with Gasteiger partial charge in [0.15, 0.2) is 17.5 Å². The number of carboxylic acid groups (broad SMARTS) is 2. The number of H-pyrrole nitrogens is 5. The largest absolute Gasteiger partial charge is 0.481 e. The minimum Gasteiger partial charge on any atom is -0.481 e. The average molecular weight is 2030 g/mol. The Hall–Kier alpha value is -14.4. The van der Waals surface area contributed by atoms with Crippen molar-refractivity contribution in [2.45, 2.75) is 174 Å². The van der Waals surface area contributed by atoms with Gasteiger partial charge in [-0.25, -0.2) is 103 Å². The average Bonchev–Trinajstić information content (AvgIpc) is 1.45. The molecule has 0 amide bonds. The van der Waals surface area contributed by atoms with E-state index in [0.29, 0.717) is 142 Å². The summed E-state index contributed by atoms with van der Waals surface area (Å²) in [5.74, 6) is -3.28. The zero-order valence-corrected chi connectivity index (χ0v) is 81.1. The Balaban J connectivity index is 0.000000108. The molecule has 758 valence electrons. The summed E-state index contributed by atoms with van der Waals surface area (Å²) in [4.78, 5) is 109. The van der Waals surface area contributed by atoms with Crippen LogP contribution in [-0.2, 0) is 38.4 Å². The summed E-state index contributed by atoms with van der Waals surface area (Å²) >= 11 is 6.06. The number of hydrogen-bond donors (Lipinski definition) is 9. The van der Waals surface area contributed by atoms with Gasteiger partial charge in [0.2, 0.25) is 23.3 Å². The number of methoxy groups -OCH3 is 1. The van der Waals surface area contributed by atoms with Crippen molar-refractivity contribution in [2.24, 2.45) is 107 Å². The second-order valence-electron chi connectivity index (χ2n) is 41.4. The SMILES string of the molecule is COC(=O)[C@@H]1C2CCC(CC2)[C@H]1Cc1nc(-c2c[nH]c3ncc(Cl)cc23)c(F)cc1F.C[C@@H]1C2CCC(CC2)[C@H]1Nc1ncc(F)c(-c2c[nH]c3ncc(F)cc23)n1.C[C@H]1C2CCC(CC2)C1Nc1ncc(F)c(-c2c[nH]c3ncc(F)cc23)n1.[C-]#[N+]c1cc(F)c(C[C@@H]2C3CCC(CC3)[C@H]2C(=O)O)nc1-c1c[nH]c2ncc(F)cc12.[C-]#[N+]c1cc(F)c(C[C@H]2C3CCC(CC3)[C@@H]2C(=O)O)nc1-c1c[nH]c2ncc(F)cc12. The molecule has 15 aromatic heterocycles. The molecule has 15 aromatic rings. The van der Waals surface area contributed by atoms with E-state index in [1.165, 1.54) is 101 Å². The number of aromatic amines is 5. The summed E-state index contributed by atoms with van der Waals surface area (Å²) in [6, 6.07) is 10.8. The zero-order chi connectivity index (χ0) is 102. The fourth-order valence-corrected chi connectivity index (χ4v) is 26.9. The number of rotatable bonds is 18. The summed E-state index contributed by atoms with van der Waals surface area (Å²) in [6.45, 7) is 19.5. The van der Waals surface area contributed by atoms with E-state index >= 15 is 0 Å². The Kier molecular flexibility index (Phi) is 27.6. The summed E-state index contributed by atoms with van der Waals surface area (Å²) in [6.07, 6.45) is 38.6. The van der Waals surface area contributed by atoms with E-state index in [1.54, 1.807) is 37.1 Å². The van der Waals surface area contributed by atoms with Crippen LogP contribution in [0.4, 0.5) is 67.2 Å². The molecule has 0 saturated heterocycles. The third kappa shape index (κ3) is 19.4. The molecule has 15 saturated carbocycles. The second-order valence-corrected chi connectivity index (χ2v) is 41.8. The predicted octanol–water partition coefficient (Wildman–Crippen LogP) is 24.7. The van der Waals surface area contributed by atoms with Gasteiger partial charge in [0.05, 0.1) is 109 Å². The van der Waals surface area contributed by atoms with Gasteiger partial charge in [-0.3, -0.25) is 24.4 Å². The highest BCUT2D eigenvalue weighted by atomic mass is 35.5. The molecule has 0 aliphatic heterocycles. The molecule has 38 heteroatoms. The Bertz CT molecular complexity index is 7300. The van der Waals surface area contributed by atoms with Crippen molar-refractivity contribution in [2.75, 3.05) is 17.7 Å². The molecule has 10 atom stereocenters. The summed E-state index contributed by atoms with van der Waals surface area (Å²) in [5, 5.41) is 29.5. The van der Waals surface area contributed by atoms with E-state index in [4.69, 9.17) is 29.5 Å². The lowest BCUT2D eigenvalue weighted by molar-refractivity contribution is -0.156. The van der Waals surface area contributed by atoms with Crippen LogP contribution >= 0.6 is 11.6 Å². The number of anilines is 2. The highest BCUT2D eigenvalue weighted by Crippen LogP contribution is 2.56. The molecule has 0 aromatic carbocycles. The second kappa shape index (κ2) is 41.2. The van der Waals surface area contributed by atoms with Crippen LogP contribution in [0.1, 0.15) is 159 Å². The molecule has 1 unspecified atom stereocenters. The highest BCUT2D eigenvalue weighted by Gasteiger charge is 2.52. The molecule has 15 aliphatic rings. The number of carbonyl (C=O) groups is 3. The Morgan fingerprint density at radius 2 is 0.639 bits per heavy atom. The quantitative estimate of drug-likeness (QED) is 0.0219. The molecular formula is C109H104ClF10N21O6. The van der Waals surface area contributed by atoms with Crippen LogP contribution < -0.4 is 10.6 Å². The summed E-state index contributed by atoms with van der Waals surface area (Å²) in [5.41, 5.74) is 6.16. The van der Waals surface area contributed by atoms with E-state index in [2.05, 4.69) is 119 Å². The van der Waals surface area contributed by atoms with Crippen LogP contribution in [0.2, 0.25) is 5.02 Å². The first kappa shape index (κ1) is 98.7. The van der Waals surface area contributed by atoms with E-state index in [0.717, 1.165) is 132 Å². The van der Waals surface area contributed by atoms with Crippen molar-refractivity contribution in [1.29, 1.82) is 0 Å². The number of aromatic nitrogens is 17. The van der Waals surface area contributed by atoms with Crippen LogP contribution in [0.25, 0.3) is 121 Å². The monoisotopic (exact) mass is 2030 g/mol. The summed E-state index contributed by atoms with van der Waals surface area (Å²) in [7, 11) is 1.40. The van der Waals surface area contributed by atoms with Gasteiger partial charge < -0.3 is 50.5 Å². The number of fused-ring (bicyclic) bond motifs is 20. The van der Waals surface area contributed by atoms with Gasteiger partial charge in [0, 0.05) is 110 Å². The molecule has 147 heavy (non-hydrogen) atoms. The number of ether oxygens (including phenoxy) is 1. The smallest absolute Gasteiger partial charge is 0.309 e. The van der Waals surface area contributed by atoms with Crippen molar-refractivity contribution >= 4 is 108 Å². The molecule has 27 nitrogen and oxygen atoms in total. The van der Waals surface area contributed by atoms with Gasteiger partial charge in [0.25, 0.3) is 0 Å². The summed E-state index contributed by atoms with van der Waals surface area (Å²) < 4.78 is 148. The fraction of sp³-hybridized carbons (Fsp3) is 0.422. The molecule has 0 spiro atoms. The lowest BCUT2D eigenvalue weighted by atomic mass is 9.57. The van der Waals surface area contributed by atoms with Crippen LogP contribution in [-0.4, -0.2) is 132 Å². The third-order valence-corrected chi connectivity index (χ3v) is 34.1. The molecule has 10 bridgehead atoms. The predicted molar refractivity (Wildman–Crippen MR) is 529 cm³/mol. The first-order valence-corrected chi connectivity index (χ1v) is 50.7. The van der Waals surface area contributed by atoms with Crippen LogP contribution in [0, 0.1) is 178 Å². The first-order valence-electron chi connectivity index (χ1n) is 50.3. The molecular weight excluding hydrogens is 1920 g/mol. The minimum absolute atomic E-state index is 0.0198. The third-order valence-electron chi connectivity index (χ3n) is 33.9. The van der Waals surface area contributed by atoms with Gasteiger partial charge in [-0.15, -0.1) is 0 Å². The van der Waals surface area contributed by atoms with Crippen molar-refractivity contribution in [3.8, 4) is 56.3 Å². The Morgan fingerprint density at radius 3 is 0.973 bits per heavy atom. The lowest BCUT2D eigenvalue weighted by Crippen LogP contribution is -2.47. The van der Waals surface area contributed by atoms with Crippen LogP contribution in [0.3, 0.4) is 0 Å². The van der Waals surface area contributed by atoms with Crippen molar-refractivity contribution in [3.05, 3.63) is 226 Å². The number of hydrogen-bond acceptors (Lipinski definition) is 18. The number of nitrogens with one attached hydrogen (secondary N) is 7. The lowest BCUT2D eigenvalue weighted by Gasteiger charge is -2.47. The number of esters is 1. The number of pyridine rings is 8. The molecule has 0 radical (unpaired) electrons. The van der Waals surface area contributed by atoms with E-state index in [1.807, 2.05) is 0 Å². The maximum absolute atomic E-state index is 14.9. The number of nitrogens with zero attached hydrogens (tertiary/aromatic N) is 14. The number of aliphatic carboxylic acids is 2. The van der Waals surface area contributed by atoms with Crippen molar-refractivity contribution in [1.82, 2.24) is 84.7 Å². The van der Waals surface area contributed by atoms with Gasteiger partial charge in [0.1, 0.15) is 86.0 Å². The van der Waals surface area contributed by atoms with Gasteiger partial charge in [-0.1, -0.05) is 25.4 Å². The fourth-order valence-electron chi connectivity index (χ4n) is 26.7. The molecule has 30 rings (SSSR count). The van der Waals surface area contributed by atoms with E-state index < -0.39 is 81.9 Å². The molecule has 15 fully saturated rings. The van der Waals surface area contributed by atoms with Gasteiger partial charge >= 0.3 is 17.9 Å². The van der Waals surface area contributed by atoms with Crippen molar-refractivity contribution in [3.63, 3.8) is 0 Å². The Labute approximate surface area is 841 Å². The normalized spacial score (nSPS) is 25.8. The maximum Gasteiger partial charge on any atom is 0.309 e. The Morgan fingerprint density at radius 1 is 0.354 bits per heavy atom.